The number of carbonyl (C=O) groups excluding carboxylic acids is 2. The molecular formula is C26H26FN5O2S. The molecule has 0 spiro atoms. The molecule has 0 atom stereocenters. The third-order valence-corrected chi connectivity index (χ3v) is 7.28. The Bertz CT molecular complexity index is 1340. The van der Waals surface area contributed by atoms with Crippen LogP contribution in [0.15, 0.2) is 60.7 Å². The molecule has 1 aliphatic rings. The lowest BCUT2D eigenvalue weighted by atomic mass is 10.2. The summed E-state index contributed by atoms with van der Waals surface area (Å²) < 4.78 is 15.1. The van der Waals surface area contributed by atoms with Crippen LogP contribution in [0, 0.1) is 12.7 Å². The van der Waals surface area contributed by atoms with Crippen LogP contribution in [0.1, 0.15) is 20.9 Å². The molecule has 180 valence electrons. The highest BCUT2D eigenvalue weighted by atomic mass is 32.1. The number of rotatable bonds is 6. The van der Waals surface area contributed by atoms with Gasteiger partial charge >= 0.3 is 0 Å². The Kier molecular flexibility index (Phi) is 6.61. The van der Waals surface area contributed by atoms with Gasteiger partial charge in [0.25, 0.3) is 5.91 Å². The monoisotopic (exact) mass is 491 g/mol. The number of fused-ring (bicyclic) bond motifs is 1. The maximum Gasteiger partial charge on any atom is 0.264 e. The van der Waals surface area contributed by atoms with Crippen molar-refractivity contribution in [2.75, 3.05) is 38.0 Å². The average molecular weight is 492 g/mol. The molecule has 1 fully saturated rings. The summed E-state index contributed by atoms with van der Waals surface area (Å²) in [5.74, 6) is -0.314. The quantitative estimate of drug-likeness (QED) is 0.443. The number of aromatic nitrogens is 2. The minimum absolute atomic E-state index is 0.00678. The first-order valence-electron chi connectivity index (χ1n) is 11.5. The molecule has 2 aromatic carbocycles. The molecule has 35 heavy (non-hydrogen) atoms. The van der Waals surface area contributed by atoms with Crippen LogP contribution in [0.3, 0.4) is 0 Å². The molecule has 0 unspecified atom stereocenters. The molecule has 9 heteroatoms. The van der Waals surface area contributed by atoms with Crippen molar-refractivity contribution in [3.05, 3.63) is 82.6 Å². The van der Waals surface area contributed by atoms with E-state index in [9.17, 15) is 14.0 Å². The van der Waals surface area contributed by atoms with Crippen LogP contribution in [0.4, 0.5) is 10.1 Å². The lowest BCUT2D eigenvalue weighted by Gasteiger charge is -2.34. The average Bonchev–Trinajstić information content (AvgIpc) is 3.42. The molecule has 0 radical (unpaired) electrons. The minimum atomic E-state index is -0.267. The van der Waals surface area contributed by atoms with Crippen molar-refractivity contribution in [3.8, 4) is 0 Å². The Labute approximate surface area is 206 Å². The summed E-state index contributed by atoms with van der Waals surface area (Å²) in [6.45, 7) is 5.20. The molecule has 1 saturated heterocycles. The number of amides is 2. The minimum Gasteiger partial charge on any atom is -0.335 e. The van der Waals surface area contributed by atoms with E-state index in [0.717, 1.165) is 27.2 Å². The zero-order chi connectivity index (χ0) is 24.4. The van der Waals surface area contributed by atoms with E-state index in [-0.39, 0.29) is 17.6 Å². The zero-order valence-corrected chi connectivity index (χ0v) is 20.2. The number of hydrogen-bond acceptors (Lipinski definition) is 5. The van der Waals surface area contributed by atoms with Crippen molar-refractivity contribution in [1.29, 1.82) is 0 Å². The van der Waals surface area contributed by atoms with Gasteiger partial charge < -0.3 is 10.2 Å². The van der Waals surface area contributed by atoms with Crippen LogP contribution >= 0.6 is 11.3 Å². The van der Waals surface area contributed by atoms with Crippen molar-refractivity contribution < 1.29 is 14.0 Å². The molecular weight excluding hydrogens is 465 g/mol. The Balaban J connectivity index is 1.20. The van der Waals surface area contributed by atoms with Gasteiger partial charge in [-0.25, -0.2) is 4.39 Å². The summed E-state index contributed by atoms with van der Waals surface area (Å²) in [6, 6.07) is 17.7. The number of piperazine rings is 1. The second-order valence-electron chi connectivity index (χ2n) is 8.68. The topological polar surface area (TPSA) is 70.5 Å². The van der Waals surface area contributed by atoms with Gasteiger partial charge in [0.15, 0.2) is 0 Å². The molecule has 2 aromatic heterocycles. The van der Waals surface area contributed by atoms with Crippen LogP contribution in [-0.4, -0.2) is 64.1 Å². The van der Waals surface area contributed by atoms with Crippen LogP contribution in [0.2, 0.25) is 0 Å². The van der Waals surface area contributed by atoms with E-state index in [2.05, 4.69) is 15.3 Å². The standard InChI is InChI=1S/C26H26FN5O2S/c1-18-22-15-23(35-26(22)32(29-18)16-19-7-9-20(27)10-8-19)25(34)31-13-11-30(12-14-31)17-24(33)28-21-5-3-2-4-6-21/h2-10,15H,11-14,16-17H2,1H3,(H,28,33). The fourth-order valence-electron chi connectivity index (χ4n) is 4.28. The van der Waals surface area contributed by atoms with Crippen LogP contribution in [-0.2, 0) is 11.3 Å². The number of para-hydroxylation sites is 1. The van der Waals surface area contributed by atoms with Crippen molar-refractivity contribution in [2.45, 2.75) is 13.5 Å². The van der Waals surface area contributed by atoms with Crippen molar-refractivity contribution in [1.82, 2.24) is 19.6 Å². The SMILES string of the molecule is Cc1nn(Cc2ccc(F)cc2)c2sc(C(=O)N3CCN(CC(=O)Nc4ccccc4)CC3)cc12. The summed E-state index contributed by atoms with van der Waals surface area (Å²) >= 11 is 1.44. The second kappa shape index (κ2) is 9.97. The number of nitrogens with zero attached hydrogens (tertiary/aromatic N) is 4. The molecule has 2 amide bonds. The van der Waals surface area contributed by atoms with Crippen molar-refractivity contribution in [3.63, 3.8) is 0 Å². The number of aryl methyl sites for hydroxylation is 1. The highest BCUT2D eigenvalue weighted by Crippen LogP contribution is 2.30. The highest BCUT2D eigenvalue weighted by molar-refractivity contribution is 7.20. The summed E-state index contributed by atoms with van der Waals surface area (Å²) in [5, 5.41) is 8.49. The van der Waals surface area contributed by atoms with Crippen LogP contribution < -0.4 is 5.32 Å². The van der Waals surface area contributed by atoms with Crippen molar-refractivity contribution >= 4 is 39.1 Å². The largest absolute Gasteiger partial charge is 0.335 e. The van der Waals surface area contributed by atoms with Gasteiger partial charge in [-0.1, -0.05) is 30.3 Å². The normalized spacial score (nSPS) is 14.4. The number of thiophene rings is 1. The van der Waals surface area contributed by atoms with E-state index in [0.29, 0.717) is 44.1 Å². The Morgan fingerprint density at radius 1 is 1.03 bits per heavy atom. The molecule has 1 N–H and O–H groups in total. The molecule has 0 aliphatic carbocycles. The predicted octanol–water partition coefficient (Wildman–Crippen LogP) is 3.99. The van der Waals surface area contributed by atoms with Crippen LogP contribution in [0.25, 0.3) is 10.2 Å². The van der Waals surface area contributed by atoms with Crippen LogP contribution in [0.5, 0.6) is 0 Å². The smallest absolute Gasteiger partial charge is 0.264 e. The number of anilines is 1. The van der Waals surface area contributed by atoms with E-state index < -0.39 is 0 Å². The third kappa shape index (κ3) is 5.26. The Morgan fingerprint density at radius 2 is 1.74 bits per heavy atom. The lowest BCUT2D eigenvalue weighted by Crippen LogP contribution is -2.50. The van der Waals surface area contributed by atoms with E-state index in [1.165, 1.54) is 23.5 Å². The molecule has 4 aromatic rings. The van der Waals surface area contributed by atoms with Gasteiger partial charge in [-0.3, -0.25) is 19.2 Å². The Morgan fingerprint density at radius 3 is 2.46 bits per heavy atom. The van der Waals surface area contributed by atoms with E-state index >= 15 is 0 Å². The molecule has 1 aliphatic heterocycles. The maximum atomic E-state index is 13.2. The summed E-state index contributed by atoms with van der Waals surface area (Å²) in [4.78, 5) is 31.1. The number of halogens is 1. The van der Waals surface area contributed by atoms with Gasteiger partial charge in [-0.2, -0.15) is 5.10 Å². The van der Waals surface area contributed by atoms with Gasteiger partial charge in [0.2, 0.25) is 5.91 Å². The first kappa shape index (κ1) is 23.2. The lowest BCUT2D eigenvalue weighted by molar-refractivity contribution is -0.117. The van der Waals surface area contributed by atoms with Gasteiger partial charge in [-0.05, 0) is 42.8 Å². The summed E-state index contributed by atoms with van der Waals surface area (Å²) in [6.07, 6.45) is 0. The van der Waals surface area contributed by atoms with E-state index in [4.69, 9.17) is 0 Å². The van der Waals surface area contributed by atoms with E-state index in [1.54, 1.807) is 12.1 Å². The predicted molar refractivity (Wildman–Crippen MR) is 135 cm³/mol. The van der Waals surface area contributed by atoms with Gasteiger partial charge in [0, 0.05) is 37.3 Å². The maximum absolute atomic E-state index is 13.2. The molecule has 3 heterocycles. The van der Waals surface area contributed by atoms with Gasteiger partial charge in [-0.15, -0.1) is 11.3 Å². The number of benzene rings is 2. The summed E-state index contributed by atoms with van der Waals surface area (Å²) in [7, 11) is 0. The summed E-state index contributed by atoms with van der Waals surface area (Å²) in [5.41, 5.74) is 2.60. The van der Waals surface area contributed by atoms with Crippen molar-refractivity contribution in [2.24, 2.45) is 0 Å². The van der Waals surface area contributed by atoms with Gasteiger partial charge in [0.05, 0.1) is 23.7 Å². The zero-order valence-electron chi connectivity index (χ0n) is 19.4. The molecule has 0 bridgehead atoms. The number of carbonyl (C=O) groups is 2. The molecule has 7 nitrogen and oxygen atoms in total. The number of nitrogens with one attached hydrogen (secondary N) is 1. The van der Waals surface area contributed by atoms with E-state index in [1.807, 2.05) is 52.9 Å². The molecule has 5 rings (SSSR count). The fourth-order valence-corrected chi connectivity index (χ4v) is 5.41. The second-order valence-corrected chi connectivity index (χ2v) is 9.71. The number of hydrogen-bond donors (Lipinski definition) is 1. The first-order chi connectivity index (χ1) is 17.0. The Hall–Kier alpha value is -3.56. The molecule has 0 saturated carbocycles. The fraction of sp³-hybridized carbons (Fsp3) is 0.269. The first-order valence-corrected chi connectivity index (χ1v) is 12.4. The third-order valence-electron chi connectivity index (χ3n) is 6.15. The highest BCUT2D eigenvalue weighted by Gasteiger charge is 2.25. The van der Waals surface area contributed by atoms with Gasteiger partial charge in [0.1, 0.15) is 10.6 Å².